The first kappa shape index (κ1) is 17.9. The molecule has 0 unspecified atom stereocenters. The van der Waals surface area contributed by atoms with Gasteiger partial charge >= 0.3 is 6.03 Å². The monoisotopic (exact) mass is 375 g/mol. The number of aromatic nitrogens is 2. The average Bonchev–Trinajstić information content (AvgIpc) is 3.05. The van der Waals surface area contributed by atoms with Crippen LogP contribution >= 0.6 is 34.8 Å². The van der Waals surface area contributed by atoms with E-state index in [4.69, 9.17) is 39.5 Å². The SMILES string of the molecule is CCCN(CCOc1cc(Cl)c(Cl)cc1Cl)C(=O)n1ccnc1. The first-order chi connectivity index (χ1) is 11.0. The lowest BCUT2D eigenvalue weighted by atomic mass is 10.3. The summed E-state index contributed by atoms with van der Waals surface area (Å²) >= 11 is 17.9. The number of hydrogen-bond donors (Lipinski definition) is 0. The van der Waals surface area contributed by atoms with Crippen molar-refractivity contribution in [2.75, 3.05) is 19.7 Å². The number of ether oxygens (including phenoxy) is 1. The molecule has 23 heavy (non-hydrogen) atoms. The minimum Gasteiger partial charge on any atom is -0.490 e. The highest BCUT2D eigenvalue weighted by Gasteiger charge is 2.15. The third-order valence-corrected chi connectivity index (χ3v) is 4.10. The molecule has 0 N–H and O–H groups in total. The van der Waals surface area contributed by atoms with Gasteiger partial charge in [-0.3, -0.25) is 4.57 Å². The minimum absolute atomic E-state index is 0.145. The molecule has 0 fully saturated rings. The summed E-state index contributed by atoms with van der Waals surface area (Å²) < 4.78 is 7.06. The smallest absolute Gasteiger partial charge is 0.329 e. The van der Waals surface area contributed by atoms with Crippen LogP contribution < -0.4 is 4.74 Å². The summed E-state index contributed by atoms with van der Waals surface area (Å²) in [6, 6.07) is 2.95. The van der Waals surface area contributed by atoms with Gasteiger partial charge in [0, 0.05) is 25.0 Å². The molecule has 0 aliphatic rings. The Balaban J connectivity index is 1.97. The highest BCUT2D eigenvalue weighted by atomic mass is 35.5. The summed E-state index contributed by atoms with van der Waals surface area (Å²) in [4.78, 5) is 17.9. The highest BCUT2D eigenvalue weighted by Crippen LogP contribution is 2.33. The normalized spacial score (nSPS) is 10.6. The van der Waals surface area contributed by atoms with E-state index in [2.05, 4.69) is 4.98 Å². The van der Waals surface area contributed by atoms with Crippen molar-refractivity contribution in [3.63, 3.8) is 0 Å². The molecule has 1 aromatic carbocycles. The maximum absolute atomic E-state index is 12.3. The van der Waals surface area contributed by atoms with Gasteiger partial charge in [-0.05, 0) is 12.5 Å². The molecule has 0 radical (unpaired) electrons. The third-order valence-electron chi connectivity index (χ3n) is 3.08. The predicted molar refractivity (Wildman–Crippen MR) is 91.9 cm³/mol. The fraction of sp³-hybridized carbons (Fsp3) is 0.333. The molecule has 1 amide bonds. The molecule has 2 aromatic rings. The molecule has 1 heterocycles. The quantitative estimate of drug-likeness (QED) is 0.692. The molecular weight excluding hydrogens is 361 g/mol. The maximum atomic E-state index is 12.3. The Labute approximate surface area is 149 Å². The van der Waals surface area contributed by atoms with Gasteiger partial charge in [0.1, 0.15) is 18.7 Å². The lowest BCUT2D eigenvalue weighted by Crippen LogP contribution is -2.37. The van der Waals surface area contributed by atoms with Crippen molar-refractivity contribution in [1.29, 1.82) is 0 Å². The van der Waals surface area contributed by atoms with Crippen LogP contribution in [0, 0.1) is 0 Å². The molecule has 2 rings (SSSR count). The summed E-state index contributed by atoms with van der Waals surface area (Å²) in [7, 11) is 0. The summed E-state index contributed by atoms with van der Waals surface area (Å²) in [5.74, 6) is 0.438. The van der Waals surface area contributed by atoms with Crippen LogP contribution in [-0.2, 0) is 0 Å². The molecule has 1 aromatic heterocycles. The first-order valence-electron chi connectivity index (χ1n) is 7.07. The Bertz CT molecular complexity index is 662. The summed E-state index contributed by atoms with van der Waals surface area (Å²) in [6.45, 7) is 3.33. The zero-order chi connectivity index (χ0) is 16.8. The molecule has 5 nitrogen and oxygen atoms in total. The van der Waals surface area contributed by atoms with Crippen LogP contribution in [0.3, 0.4) is 0 Å². The number of hydrogen-bond acceptors (Lipinski definition) is 3. The van der Waals surface area contributed by atoms with Crippen LogP contribution in [0.25, 0.3) is 0 Å². The van der Waals surface area contributed by atoms with E-state index in [0.29, 0.717) is 33.9 Å². The number of nitrogens with zero attached hydrogens (tertiary/aromatic N) is 3. The Morgan fingerprint density at radius 1 is 1.22 bits per heavy atom. The zero-order valence-electron chi connectivity index (χ0n) is 12.5. The molecule has 124 valence electrons. The minimum atomic E-state index is -0.145. The number of amides is 1. The average molecular weight is 377 g/mol. The van der Waals surface area contributed by atoms with E-state index >= 15 is 0 Å². The molecule has 0 aliphatic carbocycles. The van der Waals surface area contributed by atoms with E-state index in [0.717, 1.165) is 6.42 Å². The predicted octanol–water partition coefficient (Wildman–Crippen LogP) is 4.60. The fourth-order valence-electron chi connectivity index (χ4n) is 1.99. The van der Waals surface area contributed by atoms with E-state index < -0.39 is 0 Å². The Morgan fingerprint density at radius 3 is 2.61 bits per heavy atom. The first-order valence-corrected chi connectivity index (χ1v) is 8.21. The van der Waals surface area contributed by atoms with Crippen LogP contribution in [0.5, 0.6) is 5.75 Å². The molecule has 0 spiro atoms. The highest BCUT2D eigenvalue weighted by molar-refractivity contribution is 6.43. The topological polar surface area (TPSA) is 47.4 Å². The van der Waals surface area contributed by atoms with Gasteiger partial charge in [-0.2, -0.15) is 0 Å². The molecule has 0 saturated carbocycles. The van der Waals surface area contributed by atoms with E-state index in [1.165, 1.54) is 17.0 Å². The fourth-order valence-corrected chi connectivity index (χ4v) is 2.58. The van der Waals surface area contributed by atoms with Crippen LogP contribution in [0.15, 0.2) is 30.9 Å². The second kappa shape index (κ2) is 8.43. The van der Waals surface area contributed by atoms with Gasteiger partial charge in [0.15, 0.2) is 0 Å². The van der Waals surface area contributed by atoms with Gasteiger partial charge in [0.25, 0.3) is 0 Å². The molecule has 8 heteroatoms. The molecular formula is C15H16Cl3N3O2. The number of carbonyl (C=O) groups is 1. The number of carbonyl (C=O) groups excluding carboxylic acids is 1. The standard InChI is InChI=1S/C15H16Cl3N3O2/c1-2-4-20(15(22)21-5-3-19-10-21)6-7-23-14-9-12(17)11(16)8-13(14)18/h3,5,8-10H,2,4,6-7H2,1H3. The van der Waals surface area contributed by atoms with Crippen LogP contribution in [-0.4, -0.2) is 40.2 Å². The number of rotatable bonds is 6. The maximum Gasteiger partial charge on any atom is 0.329 e. The van der Waals surface area contributed by atoms with E-state index in [1.807, 2.05) is 6.92 Å². The van der Waals surface area contributed by atoms with Gasteiger partial charge in [-0.25, -0.2) is 9.78 Å². The van der Waals surface area contributed by atoms with Gasteiger partial charge < -0.3 is 9.64 Å². The number of halogens is 3. The van der Waals surface area contributed by atoms with Crippen LogP contribution in [0.4, 0.5) is 4.79 Å². The van der Waals surface area contributed by atoms with Gasteiger partial charge in [0.05, 0.1) is 21.6 Å². The summed E-state index contributed by atoms with van der Waals surface area (Å²) in [6.07, 6.45) is 5.49. The second-order valence-electron chi connectivity index (χ2n) is 4.78. The Morgan fingerprint density at radius 2 is 1.96 bits per heavy atom. The van der Waals surface area contributed by atoms with Crippen molar-refractivity contribution >= 4 is 40.8 Å². The molecule has 0 bridgehead atoms. The van der Waals surface area contributed by atoms with Crippen molar-refractivity contribution in [2.24, 2.45) is 0 Å². The van der Waals surface area contributed by atoms with E-state index in [-0.39, 0.29) is 12.6 Å². The van der Waals surface area contributed by atoms with Crippen molar-refractivity contribution < 1.29 is 9.53 Å². The van der Waals surface area contributed by atoms with Crippen molar-refractivity contribution in [3.05, 3.63) is 45.9 Å². The van der Waals surface area contributed by atoms with Crippen molar-refractivity contribution in [1.82, 2.24) is 14.5 Å². The molecule has 0 aliphatic heterocycles. The summed E-state index contributed by atoms with van der Waals surface area (Å²) in [5, 5.41) is 1.11. The number of benzene rings is 1. The van der Waals surface area contributed by atoms with Crippen LogP contribution in [0.1, 0.15) is 13.3 Å². The molecule has 0 saturated heterocycles. The Kier molecular flexibility index (Phi) is 6.57. The van der Waals surface area contributed by atoms with Gasteiger partial charge in [-0.15, -0.1) is 0 Å². The second-order valence-corrected chi connectivity index (χ2v) is 6.01. The van der Waals surface area contributed by atoms with E-state index in [1.54, 1.807) is 23.4 Å². The molecule has 0 atom stereocenters. The lowest BCUT2D eigenvalue weighted by molar-refractivity contribution is 0.184. The van der Waals surface area contributed by atoms with Gasteiger partial charge in [-0.1, -0.05) is 41.7 Å². The van der Waals surface area contributed by atoms with Gasteiger partial charge in [0.2, 0.25) is 0 Å². The zero-order valence-corrected chi connectivity index (χ0v) is 14.8. The van der Waals surface area contributed by atoms with Crippen molar-refractivity contribution in [2.45, 2.75) is 13.3 Å². The largest absolute Gasteiger partial charge is 0.490 e. The van der Waals surface area contributed by atoms with Crippen LogP contribution in [0.2, 0.25) is 15.1 Å². The number of imidazole rings is 1. The van der Waals surface area contributed by atoms with E-state index in [9.17, 15) is 4.79 Å². The lowest BCUT2D eigenvalue weighted by Gasteiger charge is -2.22. The Hall–Kier alpha value is -1.43. The summed E-state index contributed by atoms with van der Waals surface area (Å²) in [5.41, 5.74) is 0. The third kappa shape index (κ3) is 4.77. The van der Waals surface area contributed by atoms with Crippen molar-refractivity contribution in [3.8, 4) is 5.75 Å².